The van der Waals surface area contributed by atoms with Crippen molar-refractivity contribution in [2.75, 3.05) is 6.54 Å². The largest absolute Gasteiger partial charge is 0.314 e. The minimum atomic E-state index is 0.326. The van der Waals surface area contributed by atoms with Crippen LogP contribution in [0.15, 0.2) is 24.4 Å². The van der Waals surface area contributed by atoms with E-state index in [9.17, 15) is 0 Å². The third-order valence-corrected chi connectivity index (χ3v) is 3.47. The first kappa shape index (κ1) is 12.5. The molecule has 94 valence electrons. The van der Waals surface area contributed by atoms with Crippen LogP contribution in [0.5, 0.6) is 0 Å². The van der Waals surface area contributed by atoms with Gasteiger partial charge in [0, 0.05) is 24.3 Å². The van der Waals surface area contributed by atoms with Gasteiger partial charge in [0.25, 0.3) is 0 Å². The maximum Gasteiger partial charge on any atom is 0.0570 e. The van der Waals surface area contributed by atoms with Gasteiger partial charge in [-0.05, 0) is 51.8 Å². The van der Waals surface area contributed by atoms with Crippen LogP contribution in [-0.2, 0) is 0 Å². The average Bonchev–Trinajstić information content (AvgIpc) is 2.82. The Morgan fingerprint density at radius 1 is 1.47 bits per heavy atom. The van der Waals surface area contributed by atoms with Gasteiger partial charge in [-0.1, -0.05) is 6.07 Å². The van der Waals surface area contributed by atoms with E-state index in [0.29, 0.717) is 18.1 Å². The summed E-state index contributed by atoms with van der Waals surface area (Å²) in [4.78, 5) is 4.39. The average molecular weight is 233 g/mol. The van der Waals surface area contributed by atoms with Crippen molar-refractivity contribution in [2.24, 2.45) is 0 Å². The lowest BCUT2D eigenvalue weighted by atomic mass is 10.1. The molecule has 2 N–H and O–H groups in total. The van der Waals surface area contributed by atoms with E-state index in [1.807, 2.05) is 18.3 Å². The lowest BCUT2D eigenvalue weighted by Crippen LogP contribution is -2.35. The van der Waals surface area contributed by atoms with E-state index in [1.165, 1.54) is 25.8 Å². The molecule has 1 saturated heterocycles. The molecule has 1 fully saturated rings. The van der Waals surface area contributed by atoms with Gasteiger partial charge in [0.15, 0.2) is 0 Å². The van der Waals surface area contributed by atoms with Crippen LogP contribution in [0.4, 0.5) is 0 Å². The number of nitrogens with one attached hydrogen (secondary N) is 2. The molecule has 0 aliphatic carbocycles. The summed E-state index contributed by atoms with van der Waals surface area (Å²) in [5.74, 6) is 0. The fourth-order valence-electron chi connectivity index (χ4n) is 2.60. The highest BCUT2D eigenvalue weighted by Crippen LogP contribution is 2.14. The summed E-state index contributed by atoms with van der Waals surface area (Å²) in [6, 6.07) is 7.65. The number of rotatable bonds is 5. The summed E-state index contributed by atoms with van der Waals surface area (Å²) < 4.78 is 0. The van der Waals surface area contributed by atoms with Gasteiger partial charge in [-0.25, -0.2) is 0 Å². The molecule has 0 amide bonds. The Balaban J connectivity index is 1.79. The SMILES string of the molecule is CC(CC1CCCN1)NC(C)c1ccccn1. The monoisotopic (exact) mass is 233 g/mol. The van der Waals surface area contributed by atoms with Gasteiger partial charge in [0.2, 0.25) is 0 Å². The Bertz CT molecular complexity index is 319. The van der Waals surface area contributed by atoms with E-state index >= 15 is 0 Å². The van der Waals surface area contributed by atoms with E-state index in [2.05, 4.69) is 35.5 Å². The molecule has 0 saturated carbocycles. The molecule has 3 unspecified atom stereocenters. The van der Waals surface area contributed by atoms with Crippen LogP contribution in [0.1, 0.15) is 44.8 Å². The van der Waals surface area contributed by atoms with Gasteiger partial charge in [0.05, 0.1) is 5.69 Å². The molecule has 2 heterocycles. The highest BCUT2D eigenvalue weighted by atomic mass is 15.0. The molecule has 3 nitrogen and oxygen atoms in total. The fourth-order valence-corrected chi connectivity index (χ4v) is 2.60. The Morgan fingerprint density at radius 2 is 2.35 bits per heavy atom. The van der Waals surface area contributed by atoms with Crippen molar-refractivity contribution in [2.45, 2.75) is 51.2 Å². The normalized spacial score (nSPS) is 23.5. The first-order chi connectivity index (χ1) is 8.25. The molecule has 3 atom stereocenters. The summed E-state index contributed by atoms with van der Waals surface area (Å²) in [5.41, 5.74) is 1.12. The van der Waals surface area contributed by atoms with E-state index in [4.69, 9.17) is 0 Å². The van der Waals surface area contributed by atoms with Crippen LogP contribution in [0, 0.1) is 0 Å². The molecule has 1 aliphatic rings. The maximum absolute atomic E-state index is 4.39. The highest BCUT2D eigenvalue weighted by molar-refractivity contribution is 5.07. The summed E-state index contributed by atoms with van der Waals surface area (Å²) in [7, 11) is 0. The van der Waals surface area contributed by atoms with Crippen LogP contribution >= 0.6 is 0 Å². The second-order valence-electron chi connectivity index (χ2n) is 5.07. The van der Waals surface area contributed by atoms with E-state index in [-0.39, 0.29) is 0 Å². The molecule has 17 heavy (non-hydrogen) atoms. The van der Waals surface area contributed by atoms with Crippen molar-refractivity contribution in [3.63, 3.8) is 0 Å². The second-order valence-corrected chi connectivity index (χ2v) is 5.07. The summed E-state index contributed by atoms with van der Waals surface area (Å²) >= 11 is 0. The zero-order valence-corrected chi connectivity index (χ0v) is 10.8. The van der Waals surface area contributed by atoms with Gasteiger partial charge in [0.1, 0.15) is 0 Å². The molecule has 3 heteroatoms. The summed E-state index contributed by atoms with van der Waals surface area (Å²) in [6.45, 7) is 5.63. The Kier molecular flexibility index (Phi) is 4.51. The number of pyridine rings is 1. The minimum absolute atomic E-state index is 0.326. The third kappa shape index (κ3) is 3.79. The van der Waals surface area contributed by atoms with Crippen LogP contribution in [0.2, 0.25) is 0 Å². The quantitative estimate of drug-likeness (QED) is 0.819. The molecule has 0 radical (unpaired) electrons. The van der Waals surface area contributed by atoms with Crippen molar-refractivity contribution in [3.05, 3.63) is 30.1 Å². The van der Waals surface area contributed by atoms with Crippen LogP contribution in [-0.4, -0.2) is 23.6 Å². The highest BCUT2D eigenvalue weighted by Gasteiger charge is 2.18. The van der Waals surface area contributed by atoms with Crippen molar-refractivity contribution in [1.82, 2.24) is 15.6 Å². The first-order valence-corrected chi connectivity index (χ1v) is 6.66. The summed E-state index contributed by atoms with van der Waals surface area (Å²) in [5, 5.41) is 7.17. The van der Waals surface area contributed by atoms with Crippen molar-refractivity contribution < 1.29 is 0 Å². The molecule has 0 spiro atoms. The molecule has 1 aromatic rings. The van der Waals surface area contributed by atoms with Crippen LogP contribution < -0.4 is 10.6 Å². The van der Waals surface area contributed by atoms with Crippen LogP contribution in [0.3, 0.4) is 0 Å². The van der Waals surface area contributed by atoms with Crippen molar-refractivity contribution in [3.8, 4) is 0 Å². The zero-order chi connectivity index (χ0) is 12.1. The van der Waals surface area contributed by atoms with E-state index < -0.39 is 0 Å². The Labute approximate surface area is 104 Å². The van der Waals surface area contributed by atoms with E-state index in [0.717, 1.165) is 5.69 Å². The lowest BCUT2D eigenvalue weighted by Gasteiger charge is -2.22. The van der Waals surface area contributed by atoms with Gasteiger partial charge >= 0.3 is 0 Å². The van der Waals surface area contributed by atoms with Gasteiger partial charge in [-0.3, -0.25) is 4.98 Å². The van der Waals surface area contributed by atoms with E-state index in [1.54, 1.807) is 0 Å². The van der Waals surface area contributed by atoms with Gasteiger partial charge in [-0.15, -0.1) is 0 Å². The molecule has 1 aromatic heterocycles. The smallest absolute Gasteiger partial charge is 0.0570 e. The van der Waals surface area contributed by atoms with Gasteiger partial charge < -0.3 is 10.6 Å². The standard InChI is InChI=1S/C14H23N3/c1-11(10-13-6-5-9-15-13)17-12(2)14-7-3-4-8-16-14/h3-4,7-8,11-13,15,17H,5-6,9-10H2,1-2H3. The first-order valence-electron chi connectivity index (χ1n) is 6.66. The second kappa shape index (κ2) is 6.12. The van der Waals surface area contributed by atoms with Crippen molar-refractivity contribution >= 4 is 0 Å². The zero-order valence-electron chi connectivity index (χ0n) is 10.8. The van der Waals surface area contributed by atoms with Crippen molar-refractivity contribution in [1.29, 1.82) is 0 Å². The molecule has 0 aromatic carbocycles. The molecular weight excluding hydrogens is 210 g/mol. The maximum atomic E-state index is 4.39. The number of hydrogen-bond donors (Lipinski definition) is 2. The molecule has 0 bridgehead atoms. The number of hydrogen-bond acceptors (Lipinski definition) is 3. The number of aromatic nitrogens is 1. The Morgan fingerprint density at radius 3 is 3.00 bits per heavy atom. The topological polar surface area (TPSA) is 37.0 Å². The molecular formula is C14H23N3. The van der Waals surface area contributed by atoms with Gasteiger partial charge in [-0.2, -0.15) is 0 Å². The number of nitrogens with zero attached hydrogens (tertiary/aromatic N) is 1. The van der Waals surface area contributed by atoms with Crippen LogP contribution in [0.25, 0.3) is 0 Å². The third-order valence-electron chi connectivity index (χ3n) is 3.47. The fraction of sp³-hybridized carbons (Fsp3) is 0.643. The lowest BCUT2D eigenvalue weighted by molar-refractivity contribution is 0.404. The molecule has 1 aliphatic heterocycles. The predicted octanol–water partition coefficient (Wildman–Crippen LogP) is 2.26. The minimum Gasteiger partial charge on any atom is -0.314 e. The molecule has 2 rings (SSSR count). The predicted molar refractivity (Wildman–Crippen MR) is 70.9 cm³/mol. The summed E-state index contributed by atoms with van der Waals surface area (Å²) in [6.07, 6.45) is 5.71. The Hall–Kier alpha value is -0.930.